The number of nitrogens with zero attached hydrogens (tertiary/aromatic N) is 1. The number of alkyl halides is 3. The van der Waals surface area contributed by atoms with Gasteiger partial charge >= 0.3 is 11.8 Å². The van der Waals surface area contributed by atoms with Crippen molar-refractivity contribution >= 4 is 33.9 Å². The SMILES string of the molecule is CCCCc1c(OCCCN2C(=O)CSC2=O)ccc2c(C(F)(F)F)cc(=O)oc12. The number of unbranched alkanes of at least 4 members (excludes halogenated alkanes) is 1. The van der Waals surface area contributed by atoms with E-state index < -0.39 is 17.4 Å². The Morgan fingerprint density at radius 1 is 1.20 bits per heavy atom. The lowest BCUT2D eigenvalue weighted by molar-refractivity contribution is -0.136. The van der Waals surface area contributed by atoms with Crippen LogP contribution in [0.5, 0.6) is 5.75 Å². The third-order valence-corrected chi connectivity index (χ3v) is 5.54. The fraction of sp³-hybridized carbons (Fsp3) is 0.450. The van der Waals surface area contributed by atoms with E-state index in [9.17, 15) is 27.6 Å². The van der Waals surface area contributed by atoms with Gasteiger partial charge in [-0.2, -0.15) is 13.2 Å². The van der Waals surface area contributed by atoms with Gasteiger partial charge in [-0.15, -0.1) is 0 Å². The molecule has 3 rings (SSSR count). The van der Waals surface area contributed by atoms with Crippen LogP contribution in [0.4, 0.5) is 18.0 Å². The summed E-state index contributed by atoms with van der Waals surface area (Å²) in [4.78, 5) is 36.2. The molecule has 0 unspecified atom stereocenters. The molecule has 10 heteroatoms. The zero-order valence-corrected chi connectivity index (χ0v) is 17.0. The average molecular weight is 443 g/mol. The number of thioether (sulfide) groups is 1. The predicted octanol–water partition coefficient (Wildman–Crippen LogP) is 4.62. The number of aryl methyl sites for hydroxylation is 1. The molecule has 2 heterocycles. The number of ether oxygens (including phenoxy) is 1. The molecule has 2 aromatic rings. The van der Waals surface area contributed by atoms with Crippen molar-refractivity contribution in [2.75, 3.05) is 18.9 Å². The van der Waals surface area contributed by atoms with Gasteiger partial charge < -0.3 is 9.15 Å². The maximum atomic E-state index is 13.4. The number of hydrogen-bond donors (Lipinski definition) is 0. The Morgan fingerprint density at radius 3 is 2.60 bits per heavy atom. The molecule has 0 spiro atoms. The van der Waals surface area contributed by atoms with Crippen molar-refractivity contribution in [3.63, 3.8) is 0 Å². The van der Waals surface area contributed by atoms with Crippen LogP contribution in [-0.2, 0) is 17.4 Å². The Hall–Kier alpha value is -2.49. The lowest BCUT2D eigenvalue weighted by Gasteiger charge is -2.17. The van der Waals surface area contributed by atoms with Crippen molar-refractivity contribution in [3.05, 3.63) is 39.7 Å². The highest BCUT2D eigenvalue weighted by Gasteiger charge is 2.34. The zero-order valence-electron chi connectivity index (χ0n) is 16.2. The number of hydrogen-bond acceptors (Lipinski definition) is 6. The van der Waals surface area contributed by atoms with E-state index in [1.54, 1.807) is 0 Å². The highest BCUT2D eigenvalue weighted by molar-refractivity contribution is 8.14. The number of imide groups is 1. The van der Waals surface area contributed by atoms with E-state index in [0.29, 0.717) is 36.6 Å². The Morgan fingerprint density at radius 2 is 1.97 bits per heavy atom. The Bertz CT molecular complexity index is 1000. The van der Waals surface area contributed by atoms with Gasteiger partial charge in [0.25, 0.3) is 5.24 Å². The van der Waals surface area contributed by atoms with Crippen molar-refractivity contribution < 1.29 is 31.9 Å². The van der Waals surface area contributed by atoms with E-state index in [4.69, 9.17) is 9.15 Å². The van der Waals surface area contributed by atoms with Crippen LogP contribution in [0.25, 0.3) is 11.0 Å². The van der Waals surface area contributed by atoms with Crippen LogP contribution in [0.15, 0.2) is 27.4 Å². The molecule has 1 aromatic heterocycles. The molecule has 0 N–H and O–H groups in total. The molecule has 162 valence electrons. The Labute approximate surface area is 174 Å². The lowest BCUT2D eigenvalue weighted by Crippen LogP contribution is -2.30. The normalized spacial score (nSPS) is 14.7. The number of carbonyl (C=O) groups is 2. The molecule has 30 heavy (non-hydrogen) atoms. The molecular weight excluding hydrogens is 423 g/mol. The van der Waals surface area contributed by atoms with Gasteiger partial charge in [0.2, 0.25) is 5.91 Å². The molecular formula is C20H20F3NO5S. The van der Waals surface area contributed by atoms with Gasteiger partial charge in [-0.1, -0.05) is 25.1 Å². The van der Waals surface area contributed by atoms with Crippen LogP contribution in [-0.4, -0.2) is 35.0 Å². The second kappa shape index (κ2) is 9.11. The standard InChI is InChI=1S/C20H20F3NO5S/c1-2-3-5-13-15(28-9-4-8-24-16(25)11-30-19(24)27)7-6-12-14(20(21,22)23)10-17(26)29-18(12)13/h6-7,10H,2-5,8-9,11H2,1H3. The number of carbonyl (C=O) groups excluding carboxylic acids is 2. The first kappa shape index (κ1) is 22.2. The third-order valence-electron chi connectivity index (χ3n) is 4.68. The molecule has 1 aliphatic heterocycles. The maximum Gasteiger partial charge on any atom is 0.417 e. The second-order valence-electron chi connectivity index (χ2n) is 6.80. The number of fused-ring (bicyclic) bond motifs is 1. The van der Waals surface area contributed by atoms with Gasteiger partial charge in [0, 0.05) is 23.6 Å². The summed E-state index contributed by atoms with van der Waals surface area (Å²) in [7, 11) is 0. The van der Waals surface area contributed by atoms with E-state index in [1.807, 2.05) is 6.92 Å². The molecule has 1 aliphatic rings. The van der Waals surface area contributed by atoms with E-state index in [2.05, 4.69) is 0 Å². The first-order valence-corrected chi connectivity index (χ1v) is 10.5. The fourth-order valence-corrected chi connectivity index (χ4v) is 3.98. The summed E-state index contributed by atoms with van der Waals surface area (Å²) in [6.07, 6.45) is -2.48. The molecule has 0 aliphatic carbocycles. The van der Waals surface area contributed by atoms with E-state index in [0.717, 1.165) is 23.1 Å². The van der Waals surface area contributed by atoms with Gasteiger partial charge in [0.1, 0.15) is 11.3 Å². The van der Waals surface area contributed by atoms with E-state index in [1.165, 1.54) is 12.1 Å². The predicted molar refractivity (Wildman–Crippen MR) is 106 cm³/mol. The van der Waals surface area contributed by atoms with E-state index in [-0.39, 0.29) is 41.0 Å². The van der Waals surface area contributed by atoms with Gasteiger partial charge in [0.05, 0.1) is 17.9 Å². The molecule has 6 nitrogen and oxygen atoms in total. The fourth-order valence-electron chi connectivity index (χ4n) is 3.23. The van der Waals surface area contributed by atoms with Crippen LogP contribution in [0.2, 0.25) is 0 Å². The van der Waals surface area contributed by atoms with Crippen molar-refractivity contribution in [3.8, 4) is 5.75 Å². The van der Waals surface area contributed by atoms with Crippen LogP contribution >= 0.6 is 11.8 Å². The third kappa shape index (κ3) is 4.80. The Balaban J connectivity index is 1.85. The molecule has 0 saturated carbocycles. The van der Waals surface area contributed by atoms with Gasteiger partial charge in [-0.25, -0.2) is 4.79 Å². The largest absolute Gasteiger partial charge is 0.493 e. The van der Waals surface area contributed by atoms with Gasteiger partial charge in [-0.05, 0) is 31.4 Å². The summed E-state index contributed by atoms with van der Waals surface area (Å²) in [6, 6.07) is 3.12. The quantitative estimate of drug-likeness (QED) is 0.438. The first-order chi connectivity index (χ1) is 14.2. The second-order valence-corrected chi connectivity index (χ2v) is 7.73. The minimum atomic E-state index is -4.69. The topological polar surface area (TPSA) is 76.8 Å². The summed E-state index contributed by atoms with van der Waals surface area (Å²) in [5.74, 6) is 0.208. The number of benzene rings is 1. The van der Waals surface area contributed by atoms with Crippen molar-refractivity contribution in [2.45, 2.75) is 38.8 Å². The van der Waals surface area contributed by atoms with Crippen LogP contribution in [0.1, 0.15) is 37.3 Å². The monoisotopic (exact) mass is 443 g/mol. The van der Waals surface area contributed by atoms with Gasteiger partial charge in [0.15, 0.2) is 0 Å². The summed E-state index contributed by atoms with van der Waals surface area (Å²) < 4.78 is 51.0. The van der Waals surface area contributed by atoms with Crippen molar-refractivity contribution in [1.29, 1.82) is 0 Å². The van der Waals surface area contributed by atoms with Crippen LogP contribution < -0.4 is 10.4 Å². The number of rotatable bonds is 8. The first-order valence-electron chi connectivity index (χ1n) is 9.49. The minimum absolute atomic E-state index is 0.123. The van der Waals surface area contributed by atoms with Crippen molar-refractivity contribution in [1.82, 2.24) is 4.90 Å². The Kier molecular flexibility index (Phi) is 6.74. The van der Waals surface area contributed by atoms with Crippen LogP contribution in [0, 0.1) is 0 Å². The van der Waals surface area contributed by atoms with Crippen LogP contribution in [0.3, 0.4) is 0 Å². The van der Waals surface area contributed by atoms with Gasteiger partial charge in [-0.3, -0.25) is 14.5 Å². The molecule has 0 bridgehead atoms. The molecule has 2 amide bonds. The maximum absolute atomic E-state index is 13.4. The number of amides is 2. The van der Waals surface area contributed by atoms with E-state index >= 15 is 0 Å². The molecule has 0 atom stereocenters. The summed E-state index contributed by atoms with van der Waals surface area (Å²) >= 11 is 0.948. The highest BCUT2D eigenvalue weighted by Crippen LogP contribution is 2.37. The molecule has 0 radical (unpaired) electrons. The zero-order chi connectivity index (χ0) is 21.9. The molecule has 1 aromatic carbocycles. The highest BCUT2D eigenvalue weighted by atomic mass is 32.2. The minimum Gasteiger partial charge on any atom is -0.493 e. The lowest BCUT2D eigenvalue weighted by atomic mass is 10.0. The molecule has 1 fully saturated rings. The molecule has 1 saturated heterocycles. The number of halogens is 3. The summed E-state index contributed by atoms with van der Waals surface area (Å²) in [5, 5.41) is -0.485. The van der Waals surface area contributed by atoms with Crippen molar-refractivity contribution in [2.24, 2.45) is 0 Å². The average Bonchev–Trinajstić information content (AvgIpc) is 3.00. The smallest absolute Gasteiger partial charge is 0.417 e. The summed E-state index contributed by atoms with van der Waals surface area (Å²) in [6.45, 7) is 2.29. The summed E-state index contributed by atoms with van der Waals surface area (Å²) in [5.41, 5.74) is -1.83.